The maximum absolute atomic E-state index is 13.0. The predicted molar refractivity (Wildman–Crippen MR) is 50.7 cm³/mol. The van der Waals surface area contributed by atoms with Crippen molar-refractivity contribution in [3.63, 3.8) is 0 Å². The molecule has 1 aliphatic rings. The summed E-state index contributed by atoms with van der Waals surface area (Å²) in [5.41, 5.74) is 6.39. The van der Waals surface area contributed by atoms with E-state index in [0.717, 1.165) is 31.7 Å². The van der Waals surface area contributed by atoms with Crippen molar-refractivity contribution < 1.29 is 8.78 Å². The fraction of sp³-hybridized carbons (Fsp3) is 0.455. The lowest BCUT2D eigenvalue weighted by Gasteiger charge is -2.24. The highest BCUT2D eigenvalue weighted by Gasteiger charge is 2.31. The summed E-state index contributed by atoms with van der Waals surface area (Å²) in [5, 5.41) is 0. The van der Waals surface area contributed by atoms with E-state index in [2.05, 4.69) is 0 Å². The van der Waals surface area contributed by atoms with Gasteiger partial charge in [-0.15, -0.1) is 0 Å². The van der Waals surface area contributed by atoms with E-state index in [1.807, 2.05) is 0 Å². The normalized spacial score (nSPS) is 19.9. The molecule has 0 radical (unpaired) electrons. The zero-order chi connectivity index (χ0) is 10.2. The van der Waals surface area contributed by atoms with E-state index in [0.29, 0.717) is 5.56 Å². The van der Waals surface area contributed by atoms with Gasteiger partial charge < -0.3 is 5.73 Å². The summed E-state index contributed by atoms with van der Waals surface area (Å²) in [6.07, 6.45) is 3.85. The SMILES string of the molecule is NC1(c2ccc(F)c(F)c2)CCCC1. The second-order valence-corrected chi connectivity index (χ2v) is 3.99. The first kappa shape index (κ1) is 9.59. The van der Waals surface area contributed by atoms with Crippen LogP contribution in [-0.4, -0.2) is 0 Å². The van der Waals surface area contributed by atoms with E-state index < -0.39 is 17.2 Å². The van der Waals surface area contributed by atoms with Gasteiger partial charge in [-0.3, -0.25) is 0 Å². The molecule has 0 unspecified atom stereocenters. The average Bonchev–Trinajstić information content (AvgIpc) is 2.58. The van der Waals surface area contributed by atoms with Gasteiger partial charge in [0.25, 0.3) is 0 Å². The van der Waals surface area contributed by atoms with Gasteiger partial charge in [-0.1, -0.05) is 18.9 Å². The molecule has 0 bridgehead atoms. The summed E-state index contributed by atoms with van der Waals surface area (Å²) >= 11 is 0. The zero-order valence-electron chi connectivity index (χ0n) is 7.89. The topological polar surface area (TPSA) is 26.0 Å². The van der Waals surface area contributed by atoms with Gasteiger partial charge in [-0.25, -0.2) is 8.78 Å². The Morgan fingerprint density at radius 3 is 2.29 bits per heavy atom. The number of halogens is 2. The van der Waals surface area contributed by atoms with Crippen LogP contribution >= 0.6 is 0 Å². The third-order valence-electron chi connectivity index (χ3n) is 2.99. The van der Waals surface area contributed by atoms with Crippen LogP contribution in [0.3, 0.4) is 0 Å². The summed E-state index contributed by atoms with van der Waals surface area (Å²) < 4.78 is 25.7. The maximum atomic E-state index is 13.0. The molecule has 1 aliphatic carbocycles. The summed E-state index contributed by atoms with van der Waals surface area (Å²) in [6, 6.07) is 3.96. The molecule has 2 N–H and O–H groups in total. The average molecular weight is 197 g/mol. The van der Waals surface area contributed by atoms with Crippen molar-refractivity contribution in [2.45, 2.75) is 31.2 Å². The Kier molecular flexibility index (Phi) is 2.27. The van der Waals surface area contributed by atoms with Crippen molar-refractivity contribution >= 4 is 0 Å². The quantitative estimate of drug-likeness (QED) is 0.736. The highest BCUT2D eigenvalue weighted by molar-refractivity contribution is 5.26. The van der Waals surface area contributed by atoms with Crippen LogP contribution in [0.15, 0.2) is 18.2 Å². The summed E-state index contributed by atoms with van der Waals surface area (Å²) in [5.74, 6) is -1.62. The maximum Gasteiger partial charge on any atom is 0.159 e. The molecule has 0 aliphatic heterocycles. The first-order chi connectivity index (χ1) is 6.62. The lowest BCUT2D eigenvalue weighted by molar-refractivity contribution is 0.449. The molecule has 0 aromatic heterocycles. The van der Waals surface area contributed by atoms with Crippen molar-refractivity contribution in [2.75, 3.05) is 0 Å². The molecule has 0 saturated heterocycles. The van der Waals surface area contributed by atoms with Crippen molar-refractivity contribution in [1.29, 1.82) is 0 Å². The van der Waals surface area contributed by atoms with E-state index in [1.165, 1.54) is 6.07 Å². The van der Waals surface area contributed by atoms with Crippen LogP contribution in [0.25, 0.3) is 0 Å². The fourth-order valence-corrected chi connectivity index (χ4v) is 2.10. The van der Waals surface area contributed by atoms with Gasteiger partial charge in [0.1, 0.15) is 0 Å². The Balaban J connectivity index is 2.36. The Morgan fingerprint density at radius 1 is 1.07 bits per heavy atom. The predicted octanol–water partition coefficient (Wildman–Crippen LogP) is 2.69. The summed E-state index contributed by atoms with van der Waals surface area (Å²) in [7, 11) is 0. The molecule has 14 heavy (non-hydrogen) atoms. The smallest absolute Gasteiger partial charge is 0.159 e. The molecule has 1 aromatic rings. The van der Waals surface area contributed by atoms with Crippen molar-refractivity contribution in [3.05, 3.63) is 35.4 Å². The second kappa shape index (κ2) is 3.31. The Hall–Kier alpha value is -0.960. The van der Waals surface area contributed by atoms with E-state index in [1.54, 1.807) is 6.07 Å². The number of hydrogen-bond acceptors (Lipinski definition) is 1. The molecule has 0 heterocycles. The highest BCUT2D eigenvalue weighted by Crippen LogP contribution is 2.36. The van der Waals surface area contributed by atoms with E-state index >= 15 is 0 Å². The molecule has 0 spiro atoms. The van der Waals surface area contributed by atoms with Crippen molar-refractivity contribution in [1.82, 2.24) is 0 Å². The van der Waals surface area contributed by atoms with Gasteiger partial charge in [-0.2, -0.15) is 0 Å². The summed E-state index contributed by atoms with van der Waals surface area (Å²) in [6.45, 7) is 0. The standard InChI is InChI=1S/C11H13F2N/c12-9-4-3-8(7-10(9)13)11(14)5-1-2-6-11/h3-4,7H,1-2,5-6,14H2. The second-order valence-electron chi connectivity index (χ2n) is 3.99. The van der Waals surface area contributed by atoms with E-state index in [-0.39, 0.29) is 0 Å². The zero-order valence-corrected chi connectivity index (χ0v) is 7.89. The molecule has 1 nitrogen and oxygen atoms in total. The van der Waals surface area contributed by atoms with Gasteiger partial charge in [0.2, 0.25) is 0 Å². The van der Waals surface area contributed by atoms with Crippen LogP contribution in [0.2, 0.25) is 0 Å². The van der Waals surface area contributed by atoms with Crippen molar-refractivity contribution in [2.24, 2.45) is 5.73 Å². The summed E-state index contributed by atoms with van der Waals surface area (Å²) in [4.78, 5) is 0. The minimum atomic E-state index is -0.810. The molecule has 3 heteroatoms. The lowest BCUT2D eigenvalue weighted by atomic mass is 9.89. The molecule has 76 valence electrons. The van der Waals surface area contributed by atoms with Crippen LogP contribution in [0, 0.1) is 11.6 Å². The van der Waals surface area contributed by atoms with Gasteiger partial charge in [0.15, 0.2) is 11.6 Å². The highest BCUT2D eigenvalue weighted by atomic mass is 19.2. The minimum Gasteiger partial charge on any atom is -0.321 e. The Labute approximate surface area is 81.9 Å². The number of nitrogens with two attached hydrogens (primary N) is 1. The molecule has 0 amide bonds. The first-order valence-electron chi connectivity index (χ1n) is 4.86. The number of rotatable bonds is 1. The van der Waals surface area contributed by atoms with E-state index in [4.69, 9.17) is 5.73 Å². The number of benzene rings is 1. The fourth-order valence-electron chi connectivity index (χ4n) is 2.10. The minimum absolute atomic E-state index is 0.436. The lowest BCUT2D eigenvalue weighted by Crippen LogP contribution is -2.33. The van der Waals surface area contributed by atoms with Crippen LogP contribution in [-0.2, 0) is 5.54 Å². The number of hydrogen-bond donors (Lipinski definition) is 1. The first-order valence-corrected chi connectivity index (χ1v) is 4.86. The van der Waals surface area contributed by atoms with Gasteiger partial charge in [0, 0.05) is 5.54 Å². The molecule has 1 aromatic carbocycles. The molecule has 2 rings (SSSR count). The molecular weight excluding hydrogens is 184 g/mol. The van der Waals surface area contributed by atoms with Crippen molar-refractivity contribution in [3.8, 4) is 0 Å². The third-order valence-corrected chi connectivity index (χ3v) is 2.99. The third kappa shape index (κ3) is 1.52. The molecule has 0 atom stereocenters. The monoisotopic (exact) mass is 197 g/mol. The van der Waals surface area contributed by atoms with E-state index in [9.17, 15) is 8.78 Å². The van der Waals surface area contributed by atoms with Gasteiger partial charge in [0.05, 0.1) is 0 Å². The van der Waals surface area contributed by atoms with Crippen LogP contribution in [0.5, 0.6) is 0 Å². The van der Waals surface area contributed by atoms with Crippen LogP contribution in [0.4, 0.5) is 8.78 Å². The Morgan fingerprint density at radius 2 is 1.71 bits per heavy atom. The molecule has 1 fully saturated rings. The Bertz CT molecular complexity index is 343. The largest absolute Gasteiger partial charge is 0.321 e. The molecular formula is C11H13F2N. The van der Waals surface area contributed by atoms with Gasteiger partial charge >= 0.3 is 0 Å². The van der Waals surface area contributed by atoms with Crippen LogP contribution in [0.1, 0.15) is 31.2 Å². The van der Waals surface area contributed by atoms with Gasteiger partial charge in [-0.05, 0) is 30.5 Å². The molecule has 1 saturated carbocycles. The van der Waals surface area contributed by atoms with Crippen LogP contribution < -0.4 is 5.73 Å².